The third kappa shape index (κ3) is 5.31. The molecule has 1 saturated carbocycles. The molecule has 2 aliphatic rings. The van der Waals surface area contributed by atoms with Gasteiger partial charge in [0.2, 0.25) is 5.91 Å². The molecule has 0 unspecified atom stereocenters. The summed E-state index contributed by atoms with van der Waals surface area (Å²) in [5.74, 6) is 2.55. The monoisotopic (exact) mass is 505 g/mol. The van der Waals surface area contributed by atoms with Gasteiger partial charge in [-0.2, -0.15) is 0 Å². The second kappa shape index (κ2) is 10.9. The minimum absolute atomic E-state index is 0.182. The van der Waals surface area contributed by atoms with Crippen LogP contribution in [0.3, 0.4) is 0 Å². The molecule has 1 fully saturated rings. The van der Waals surface area contributed by atoms with Crippen LogP contribution in [0.15, 0.2) is 45.6 Å². The molecule has 0 N–H and O–H groups in total. The number of nitrogens with zero attached hydrogens (tertiary/aromatic N) is 1. The van der Waals surface area contributed by atoms with Crippen LogP contribution in [0.1, 0.15) is 61.3 Å². The number of methoxy groups -OCH3 is 2. The van der Waals surface area contributed by atoms with E-state index in [9.17, 15) is 9.59 Å². The maximum absolute atomic E-state index is 13.6. The van der Waals surface area contributed by atoms with Crippen LogP contribution in [0.25, 0.3) is 11.0 Å². The number of benzene rings is 2. The maximum atomic E-state index is 13.6. The molecule has 2 aromatic carbocycles. The van der Waals surface area contributed by atoms with E-state index in [1.54, 1.807) is 20.3 Å². The summed E-state index contributed by atoms with van der Waals surface area (Å²) in [4.78, 5) is 27.4. The van der Waals surface area contributed by atoms with Crippen LogP contribution in [0.2, 0.25) is 0 Å². The van der Waals surface area contributed by atoms with Gasteiger partial charge in [0.1, 0.15) is 17.9 Å². The molecular formula is C30H35NO6. The number of rotatable bonds is 7. The van der Waals surface area contributed by atoms with Crippen molar-refractivity contribution in [1.29, 1.82) is 0 Å². The Kier molecular flexibility index (Phi) is 7.40. The maximum Gasteiger partial charge on any atom is 0.336 e. The Morgan fingerprint density at radius 2 is 1.78 bits per heavy atom. The van der Waals surface area contributed by atoms with Crippen LogP contribution in [-0.2, 0) is 11.2 Å². The molecule has 0 radical (unpaired) electrons. The molecule has 2 heterocycles. The van der Waals surface area contributed by atoms with Gasteiger partial charge in [-0.25, -0.2) is 4.79 Å². The topological polar surface area (TPSA) is 78.2 Å². The average molecular weight is 506 g/mol. The first kappa shape index (κ1) is 25.2. The number of carbonyl (C=O) groups excluding carboxylic acids is 1. The van der Waals surface area contributed by atoms with Crippen LogP contribution in [0.4, 0.5) is 0 Å². The number of hydrogen-bond acceptors (Lipinski definition) is 6. The van der Waals surface area contributed by atoms with Gasteiger partial charge in [0.05, 0.1) is 20.3 Å². The largest absolute Gasteiger partial charge is 0.493 e. The summed E-state index contributed by atoms with van der Waals surface area (Å²) in [5.41, 5.74) is 3.11. The van der Waals surface area contributed by atoms with Crippen molar-refractivity contribution in [3.63, 3.8) is 0 Å². The third-order valence-electron chi connectivity index (χ3n) is 7.84. The second-order valence-electron chi connectivity index (χ2n) is 10.2. The molecule has 1 aliphatic heterocycles. The van der Waals surface area contributed by atoms with Crippen LogP contribution >= 0.6 is 0 Å². The molecular weight excluding hydrogens is 470 g/mol. The van der Waals surface area contributed by atoms with Gasteiger partial charge in [-0.1, -0.05) is 19.3 Å². The molecule has 1 aliphatic carbocycles. The Morgan fingerprint density at radius 3 is 2.54 bits per heavy atom. The third-order valence-corrected chi connectivity index (χ3v) is 7.84. The number of carbonyl (C=O) groups is 1. The zero-order valence-corrected chi connectivity index (χ0v) is 21.9. The van der Waals surface area contributed by atoms with E-state index in [2.05, 4.69) is 0 Å². The van der Waals surface area contributed by atoms with Gasteiger partial charge in [0.25, 0.3) is 0 Å². The number of hydrogen-bond donors (Lipinski definition) is 0. The smallest absolute Gasteiger partial charge is 0.336 e. The van der Waals surface area contributed by atoms with E-state index in [4.69, 9.17) is 18.6 Å². The van der Waals surface area contributed by atoms with Crippen molar-refractivity contribution in [2.45, 2.75) is 57.9 Å². The van der Waals surface area contributed by atoms with Crippen molar-refractivity contribution in [2.24, 2.45) is 5.92 Å². The highest BCUT2D eigenvalue weighted by Crippen LogP contribution is 2.39. The Morgan fingerprint density at radius 1 is 1.03 bits per heavy atom. The Hall–Kier alpha value is -3.48. The first-order valence-electron chi connectivity index (χ1n) is 13.2. The zero-order chi connectivity index (χ0) is 25.9. The van der Waals surface area contributed by atoms with Crippen molar-refractivity contribution < 1.29 is 23.4 Å². The van der Waals surface area contributed by atoms with Crippen molar-refractivity contribution in [2.75, 3.05) is 27.4 Å². The van der Waals surface area contributed by atoms with E-state index >= 15 is 0 Å². The highest BCUT2D eigenvalue weighted by molar-refractivity contribution is 5.81. The highest BCUT2D eigenvalue weighted by Gasteiger charge is 2.34. The lowest BCUT2D eigenvalue weighted by Gasteiger charge is -2.38. The first-order valence-corrected chi connectivity index (χ1v) is 13.2. The SMILES string of the molecule is COc1cc2c(cc1OC)[C@H](COc1ccc3c(C)cc(=O)oc3c1)N(C(=O)CC1CCCCC1)CC2. The Bertz CT molecular complexity index is 1340. The fourth-order valence-electron chi connectivity index (χ4n) is 5.83. The van der Waals surface area contributed by atoms with E-state index < -0.39 is 0 Å². The van der Waals surface area contributed by atoms with Gasteiger partial charge in [0, 0.05) is 30.5 Å². The average Bonchev–Trinajstić information content (AvgIpc) is 2.90. The molecule has 196 valence electrons. The molecule has 1 atom stereocenters. The van der Waals surface area contributed by atoms with Gasteiger partial charge in [-0.05, 0) is 73.1 Å². The minimum atomic E-state index is -0.385. The van der Waals surface area contributed by atoms with E-state index in [0.717, 1.165) is 41.3 Å². The summed E-state index contributed by atoms with van der Waals surface area (Å²) < 4.78 is 22.8. The van der Waals surface area contributed by atoms with Crippen LogP contribution in [0, 0.1) is 12.8 Å². The van der Waals surface area contributed by atoms with E-state index in [-0.39, 0.29) is 24.2 Å². The number of aryl methyl sites for hydroxylation is 1. The minimum Gasteiger partial charge on any atom is -0.493 e. The van der Waals surface area contributed by atoms with Crippen LogP contribution in [0.5, 0.6) is 17.2 Å². The van der Waals surface area contributed by atoms with Gasteiger partial charge < -0.3 is 23.5 Å². The molecule has 0 bridgehead atoms. The second-order valence-corrected chi connectivity index (χ2v) is 10.2. The zero-order valence-electron chi connectivity index (χ0n) is 21.9. The number of ether oxygens (including phenoxy) is 3. The van der Waals surface area contributed by atoms with Gasteiger partial charge in [0.15, 0.2) is 11.5 Å². The van der Waals surface area contributed by atoms with E-state index in [1.165, 1.54) is 25.3 Å². The molecule has 0 saturated heterocycles. The predicted octanol–water partition coefficient (Wildman–Crippen LogP) is 5.59. The number of fused-ring (bicyclic) bond motifs is 2. The summed E-state index contributed by atoms with van der Waals surface area (Å²) in [5, 5.41) is 0.871. The molecule has 7 nitrogen and oxygen atoms in total. The summed E-state index contributed by atoms with van der Waals surface area (Å²) >= 11 is 0. The van der Waals surface area contributed by atoms with Crippen LogP contribution < -0.4 is 19.8 Å². The van der Waals surface area contributed by atoms with E-state index in [1.807, 2.05) is 36.1 Å². The standard InChI is InChI=1S/C30H35NO6/c1-19-13-30(33)37-26-16-22(9-10-23(19)26)36-18-25-24-17-28(35-3)27(34-2)15-21(24)11-12-31(25)29(32)14-20-7-5-4-6-8-20/h9-10,13,15-17,20,25H,4-8,11-12,14,18H2,1-3H3/t25-/m0/s1. The molecule has 1 amide bonds. The summed E-state index contributed by atoms with van der Waals surface area (Å²) in [7, 11) is 3.25. The molecule has 0 spiro atoms. The fraction of sp³-hybridized carbons (Fsp3) is 0.467. The van der Waals surface area contributed by atoms with Crippen LogP contribution in [-0.4, -0.2) is 38.2 Å². The molecule has 1 aromatic heterocycles. The quantitative estimate of drug-likeness (QED) is 0.389. The Labute approximate surface area is 217 Å². The predicted molar refractivity (Wildman–Crippen MR) is 142 cm³/mol. The highest BCUT2D eigenvalue weighted by atomic mass is 16.5. The summed E-state index contributed by atoms with van der Waals surface area (Å²) in [6, 6.07) is 10.7. The molecule has 37 heavy (non-hydrogen) atoms. The Balaban J connectivity index is 1.44. The molecule has 7 heteroatoms. The van der Waals surface area contributed by atoms with Gasteiger partial charge in [-0.15, -0.1) is 0 Å². The van der Waals surface area contributed by atoms with Crippen molar-refractivity contribution in [1.82, 2.24) is 4.90 Å². The lowest BCUT2D eigenvalue weighted by Crippen LogP contribution is -2.43. The van der Waals surface area contributed by atoms with Crippen molar-refractivity contribution in [3.05, 3.63) is 63.5 Å². The van der Waals surface area contributed by atoms with Gasteiger partial charge >= 0.3 is 5.63 Å². The van der Waals surface area contributed by atoms with Crippen molar-refractivity contribution >= 4 is 16.9 Å². The lowest BCUT2D eigenvalue weighted by atomic mass is 9.85. The normalized spacial score (nSPS) is 17.9. The summed E-state index contributed by atoms with van der Waals surface area (Å²) in [6.07, 6.45) is 7.28. The molecule has 3 aromatic rings. The number of amides is 1. The molecule has 5 rings (SSSR count). The summed E-state index contributed by atoms with van der Waals surface area (Å²) in [6.45, 7) is 2.80. The first-order chi connectivity index (χ1) is 18.0. The fourth-order valence-corrected chi connectivity index (χ4v) is 5.83. The van der Waals surface area contributed by atoms with Gasteiger partial charge in [-0.3, -0.25) is 4.79 Å². The van der Waals surface area contributed by atoms with E-state index in [0.29, 0.717) is 41.7 Å². The lowest BCUT2D eigenvalue weighted by molar-refractivity contribution is -0.136. The van der Waals surface area contributed by atoms with Crippen molar-refractivity contribution in [3.8, 4) is 17.2 Å².